The third kappa shape index (κ3) is 11.1. The summed E-state index contributed by atoms with van der Waals surface area (Å²) in [6.45, 7) is 0.775. The van der Waals surface area contributed by atoms with Crippen LogP contribution in [0.3, 0.4) is 0 Å². The molecule has 5 nitrogen and oxygen atoms in total. The van der Waals surface area contributed by atoms with Crippen molar-refractivity contribution in [3.63, 3.8) is 0 Å². The van der Waals surface area contributed by atoms with E-state index in [1.807, 2.05) is 0 Å². The van der Waals surface area contributed by atoms with Crippen LogP contribution in [0, 0.1) is 0 Å². The fourth-order valence-electron chi connectivity index (χ4n) is 1.09. The lowest BCUT2D eigenvalue weighted by Gasteiger charge is -2.08. The molecule has 0 aromatic heterocycles. The number of cyclic esters (lactones) is 2. The van der Waals surface area contributed by atoms with E-state index in [0.29, 0.717) is 13.2 Å². The Morgan fingerprint density at radius 1 is 0.867 bits per heavy atom. The van der Waals surface area contributed by atoms with Crippen molar-refractivity contribution in [2.75, 3.05) is 26.4 Å². The van der Waals surface area contributed by atoms with Crippen LogP contribution < -0.4 is 0 Å². The van der Waals surface area contributed by atoms with E-state index in [1.54, 1.807) is 0 Å². The highest BCUT2D eigenvalue weighted by atomic mass is 16.7. The van der Waals surface area contributed by atoms with E-state index in [1.165, 1.54) is 6.42 Å². The summed E-state index contributed by atoms with van der Waals surface area (Å²) in [5.74, 6) is 0. The first kappa shape index (κ1) is 14.2. The van der Waals surface area contributed by atoms with Gasteiger partial charge in [-0.1, -0.05) is 19.3 Å². The highest BCUT2D eigenvalue weighted by molar-refractivity contribution is 5.59. The number of carbonyl (C=O) groups excluding carboxylic acids is 1. The van der Waals surface area contributed by atoms with E-state index in [4.69, 9.17) is 19.7 Å². The Morgan fingerprint density at radius 2 is 1.27 bits per heavy atom. The van der Waals surface area contributed by atoms with Gasteiger partial charge in [0.05, 0.1) is 26.4 Å². The quantitative estimate of drug-likeness (QED) is 0.646. The van der Waals surface area contributed by atoms with Crippen LogP contribution in [0.1, 0.15) is 32.1 Å². The summed E-state index contributed by atoms with van der Waals surface area (Å²) in [7, 11) is 0. The van der Waals surface area contributed by atoms with Crippen LogP contribution in [0.15, 0.2) is 0 Å². The van der Waals surface area contributed by atoms with Gasteiger partial charge in [0.1, 0.15) is 0 Å². The van der Waals surface area contributed by atoms with Crippen molar-refractivity contribution in [1.29, 1.82) is 0 Å². The summed E-state index contributed by atoms with van der Waals surface area (Å²) in [6, 6.07) is 0. The Labute approximate surface area is 90.0 Å². The minimum Gasteiger partial charge on any atom is -0.434 e. The van der Waals surface area contributed by atoms with Crippen LogP contribution in [0.2, 0.25) is 0 Å². The van der Waals surface area contributed by atoms with Crippen molar-refractivity contribution >= 4 is 6.16 Å². The summed E-state index contributed by atoms with van der Waals surface area (Å²) in [5, 5.41) is 15.2. The topological polar surface area (TPSA) is 76.0 Å². The largest absolute Gasteiger partial charge is 0.508 e. The maximum atomic E-state index is 10.7. The Hall–Kier alpha value is -0.810. The van der Waals surface area contributed by atoms with Crippen LogP contribution in [0.5, 0.6) is 0 Å². The predicted molar refractivity (Wildman–Crippen MR) is 54.6 cm³/mol. The molecular formula is C10H20O5. The molecule has 1 saturated heterocycles. The average molecular weight is 220 g/mol. The number of hydrogen-bond acceptors (Lipinski definition) is 5. The summed E-state index contributed by atoms with van der Waals surface area (Å²) < 4.78 is 9.51. The minimum atomic E-state index is -0.507. The van der Waals surface area contributed by atoms with Crippen molar-refractivity contribution in [1.82, 2.24) is 0 Å². The Bertz CT molecular complexity index is 135. The van der Waals surface area contributed by atoms with Crippen LogP contribution in [-0.4, -0.2) is 42.8 Å². The Balaban J connectivity index is 0.000000423. The van der Waals surface area contributed by atoms with Gasteiger partial charge in [0.2, 0.25) is 0 Å². The van der Waals surface area contributed by atoms with Gasteiger partial charge in [-0.25, -0.2) is 4.79 Å². The molecule has 0 saturated carbocycles. The van der Waals surface area contributed by atoms with Gasteiger partial charge in [0.15, 0.2) is 0 Å². The Kier molecular flexibility index (Phi) is 10.7. The number of aliphatic hydroxyl groups excluding tert-OH is 2. The molecule has 1 aliphatic rings. The summed E-state index contributed by atoms with van der Waals surface area (Å²) >= 11 is 0. The summed E-state index contributed by atoms with van der Waals surface area (Å²) in [6.07, 6.45) is 4.97. The van der Waals surface area contributed by atoms with Gasteiger partial charge in [-0.3, -0.25) is 0 Å². The lowest BCUT2D eigenvalue weighted by molar-refractivity contribution is 0.0503. The molecule has 1 fully saturated rings. The van der Waals surface area contributed by atoms with E-state index in [9.17, 15) is 4.79 Å². The lowest BCUT2D eigenvalue weighted by Crippen LogP contribution is -2.10. The molecule has 2 N–H and O–H groups in total. The predicted octanol–water partition coefficient (Wildman–Crippen LogP) is 1.07. The van der Waals surface area contributed by atoms with Gasteiger partial charge in [-0.05, 0) is 12.8 Å². The standard InChI is InChI=1S/C8H14O3.C2H6O2/c9-8-10-6-4-2-1-3-5-7-11-8;3-1-2-4/h1-7H2;3-4H,1-2H2. The van der Waals surface area contributed by atoms with Crippen LogP contribution in [-0.2, 0) is 9.47 Å². The first-order chi connectivity index (χ1) is 7.31. The third-order valence-corrected chi connectivity index (χ3v) is 1.83. The maximum absolute atomic E-state index is 10.7. The third-order valence-electron chi connectivity index (χ3n) is 1.83. The van der Waals surface area contributed by atoms with E-state index in [0.717, 1.165) is 25.7 Å². The van der Waals surface area contributed by atoms with E-state index >= 15 is 0 Å². The minimum absolute atomic E-state index is 0.125. The smallest absolute Gasteiger partial charge is 0.434 e. The second-order valence-corrected chi connectivity index (χ2v) is 3.16. The first-order valence-electron chi connectivity index (χ1n) is 5.32. The molecule has 1 aliphatic heterocycles. The van der Waals surface area contributed by atoms with E-state index in [-0.39, 0.29) is 13.2 Å². The second kappa shape index (κ2) is 11.3. The molecule has 0 aliphatic carbocycles. The lowest BCUT2D eigenvalue weighted by atomic mass is 10.1. The highest BCUT2D eigenvalue weighted by Gasteiger charge is 2.04. The summed E-state index contributed by atoms with van der Waals surface area (Å²) in [4.78, 5) is 10.7. The second-order valence-electron chi connectivity index (χ2n) is 3.16. The van der Waals surface area contributed by atoms with Crippen molar-refractivity contribution in [2.24, 2.45) is 0 Å². The molecule has 0 aromatic carbocycles. The molecule has 0 bridgehead atoms. The van der Waals surface area contributed by atoms with Gasteiger partial charge in [0, 0.05) is 0 Å². The molecule has 0 aromatic rings. The molecule has 0 unspecified atom stereocenters. The van der Waals surface area contributed by atoms with Crippen molar-refractivity contribution in [3.8, 4) is 0 Å². The van der Waals surface area contributed by atoms with Gasteiger partial charge in [0.25, 0.3) is 0 Å². The van der Waals surface area contributed by atoms with Gasteiger partial charge in [-0.2, -0.15) is 0 Å². The van der Waals surface area contributed by atoms with Gasteiger partial charge < -0.3 is 19.7 Å². The first-order valence-corrected chi connectivity index (χ1v) is 5.32. The van der Waals surface area contributed by atoms with Crippen LogP contribution in [0.4, 0.5) is 4.79 Å². The molecule has 90 valence electrons. The number of ether oxygens (including phenoxy) is 2. The zero-order chi connectivity index (χ0) is 11.4. The molecule has 15 heavy (non-hydrogen) atoms. The molecule has 0 spiro atoms. The highest BCUT2D eigenvalue weighted by Crippen LogP contribution is 2.06. The van der Waals surface area contributed by atoms with Crippen LogP contribution >= 0.6 is 0 Å². The summed E-state index contributed by atoms with van der Waals surface area (Å²) in [5.41, 5.74) is 0. The number of aliphatic hydroxyl groups is 2. The number of hydrogen-bond donors (Lipinski definition) is 2. The molecule has 1 heterocycles. The molecule has 0 atom stereocenters. The van der Waals surface area contributed by atoms with Crippen molar-refractivity contribution < 1.29 is 24.5 Å². The van der Waals surface area contributed by atoms with Crippen molar-refractivity contribution in [3.05, 3.63) is 0 Å². The van der Waals surface area contributed by atoms with Gasteiger partial charge >= 0.3 is 6.16 Å². The fourth-order valence-corrected chi connectivity index (χ4v) is 1.09. The van der Waals surface area contributed by atoms with E-state index < -0.39 is 6.16 Å². The normalized spacial score (nSPS) is 17.9. The maximum Gasteiger partial charge on any atom is 0.508 e. The molecule has 5 heteroatoms. The zero-order valence-corrected chi connectivity index (χ0v) is 8.98. The fraction of sp³-hybridized carbons (Fsp3) is 0.900. The average Bonchev–Trinajstić information content (AvgIpc) is 2.28. The zero-order valence-electron chi connectivity index (χ0n) is 8.98. The molecular weight excluding hydrogens is 200 g/mol. The SMILES string of the molecule is O=C1OCCCCCCCO1.OCCO. The molecule has 1 rings (SSSR count). The number of rotatable bonds is 1. The molecule has 0 radical (unpaired) electrons. The van der Waals surface area contributed by atoms with E-state index in [2.05, 4.69) is 0 Å². The van der Waals surface area contributed by atoms with Crippen LogP contribution in [0.25, 0.3) is 0 Å². The Morgan fingerprint density at radius 3 is 1.67 bits per heavy atom. The number of carbonyl (C=O) groups is 1. The van der Waals surface area contributed by atoms with Gasteiger partial charge in [-0.15, -0.1) is 0 Å². The monoisotopic (exact) mass is 220 g/mol. The molecule has 0 amide bonds. The van der Waals surface area contributed by atoms with Crippen molar-refractivity contribution in [2.45, 2.75) is 32.1 Å².